The number of hydrogen-bond donors (Lipinski definition) is 1. The molecule has 0 bridgehead atoms. The maximum Gasteiger partial charge on any atom is 0.335 e. The number of oxazole rings is 1. The minimum absolute atomic E-state index is 0.288. The smallest absolute Gasteiger partial charge is 0.335 e. The minimum atomic E-state index is -0.917. The van der Waals surface area contributed by atoms with E-state index in [0.29, 0.717) is 5.71 Å². The molecule has 0 aliphatic rings. The molecule has 0 amide bonds. The first kappa shape index (κ1) is 8.11. The average molecular weight is 201 g/mol. The van der Waals surface area contributed by atoms with Crippen LogP contribution in [-0.4, -0.2) is 15.5 Å². The van der Waals surface area contributed by atoms with Crippen LogP contribution in [0.3, 0.4) is 0 Å². The Labute approximate surface area is 84.3 Å². The zero-order valence-electron chi connectivity index (χ0n) is 7.68. The molecule has 0 aliphatic carbocycles. The summed E-state index contributed by atoms with van der Waals surface area (Å²) in [6, 6.07) is 6.83. The van der Waals surface area contributed by atoms with Crippen molar-refractivity contribution in [2.75, 3.05) is 0 Å². The van der Waals surface area contributed by atoms with Gasteiger partial charge in [0.15, 0.2) is 0 Å². The molecular formula is C11H7NO3. The molecule has 4 nitrogen and oxygen atoms in total. The molecule has 0 radical (unpaired) electrons. The van der Waals surface area contributed by atoms with Crippen molar-refractivity contribution in [1.82, 2.24) is 4.40 Å². The summed E-state index contributed by atoms with van der Waals surface area (Å²) in [5.74, 6) is -0.917. The minimum Gasteiger partial charge on any atom is -0.478 e. The number of aromatic carboxylic acids is 1. The third kappa shape index (κ3) is 1.05. The molecule has 2 heterocycles. The Kier molecular flexibility index (Phi) is 1.42. The van der Waals surface area contributed by atoms with Crippen LogP contribution in [0.25, 0.3) is 16.6 Å². The van der Waals surface area contributed by atoms with Crippen LogP contribution in [0.5, 0.6) is 0 Å². The molecule has 0 saturated heterocycles. The van der Waals surface area contributed by atoms with Crippen molar-refractivity contribution < 1.29 is 14.3 Å². The van der Waals surface area contributed by atoms with Gasteiger partial charge in [0.2, 0.25) is 5.71 Å². The summed E-state index contributed by atoms with van der Waals surface area (Å²) >= 11 is 0. The maximum absolute atomic E-state index is 10.8. The van der Waals surface area contributed by atoms with Crippen molar-refractivity contribution in [2.24, 2.45) is 0 Å². The van der Waals surface area contributed by atoms with E-state index in [2.05, 4.69) is 0 Å². The van der Waals surface area contributed by atoms with Crippen LogP contribution in [0.4, 0.5) is 0 Å². The van der Waals surface area contributed by atoms with E-state index in [9.17, 15) is 4.79 Å². The quantitative estimate of drug-likeness (QED) is 0.657. The van der Waals surface area contributed by atoms with Crippen LogP contribution in [0.2, 0.25) is 0 Å². The Morgan fingerprint density at radius 1 is 1.33 bits per heavy atom. The molecule has 0 aliphatic heterocycles. The second-order valence-corrected chi connectivity index (χ2v) is 3.33. The molecular weight excluding hydrogens is 194 g/mol. The predicted octanol–water partition coefficient (Wildman–Crippen LogP) is 2.38. The van der Waals surface area contributed by atoms with Crippen molar-refractivity contribution in [1.29, 1.82) is 0 Å². The van der Waals surface area contributed by atoms with Crippen LogP contribution in [0, 0.1) is 0 Å². The van der Waals surface area contributed by atoms with Crippen LogP contribution in [0.15, 0.2) is 41.1 Å². The fraction of sp³-hybridized carbons (Fsp3) is 0. The van der Waals surface area contributed by atoms with E-state index in [4.69, 9.17) is 9.52 Å². The molecule has 0 saturated carbocycles. The van der Waals surface area contributed by atoms with Crippen LogP contribution in [-0.2, 0) is 0 Å². The van der Waals surface area contributed by atoms with Crippen LogP contribution >= 0.6 is 0 Å². The molecule has 4 heteroatoms. The van der Waals surface area contributed by atoms with Crippen molar-refractivity contribution in [2.45, 2.75) is 0 Å². The van der Waals surface area contributed by atoms with Crippen molar-refractivity contribution in [3.8, 4) is 0 Å². The van der Waals surface area contributed by atoms with Crippen molar-refractivity contribution in [3.63, 3.8) is 0 Å². The van der Waals surface area contributed by atoms with Crippen molar-refractivity contribution >= 4 is 22.6 Å². The number of aromatic nitrogens is 1. The summed E-state index contributed by atoms with van der Waals surface area (Å²) in [6.07, 6.45) is 3.40. The molecule has 3 aromatic rings. The SMILES string of the molecule is O=C(O)c1ccc2c(c1)cc1occn12. The number of fused-ring (bicyclic) bond motifs is 3. The molecule has 74 valence electrons. The van der Waals surface area contributed by atoms with Gasteiger partial charge in [0.05, 0.1) is 11.1 Å². The van der Waals surface area contributed by atoms with Gasteiger partial charge in [-0.1, -0.05) is 0 Å². The molecule has 0 unspecified atom stereocenters. The standard InChI is InChI=1S/C11H7NO3/c13-11(14)7-1-2-9-8(5-7)6-10-12(9)3-4-15-10/h1-6H,(H,13,14). The highest BCUT2D eigenvalue weighted by Gasteiger charge is 2.08. The lowest BCUT2D eigenvalue weighted by atomic mass is 10.1. The number of carbonyl (C=O) groups is 1. The number of nitrogens with zero attached hydrogens (tertiary/aromatic N) is 1. The highest BCUT2D eigenvalue weighted by Crippen LogP contribution is 2.21. The first-order valence-electron chi connectivity index (χ1n) is 4.47. The normalized spacial score (nSPS) is 11.2. The molecule has 3 rings (SSSR count). The van der Waals surface area contributed by atoms with Gasteiger partial charge in [0, 0.05) is 17.6 Å². The Bertz CT molecular complexity index is 663. The molecule has 15 heavy (non-hydrogen) atoms. The highest BCUT2D eigenvalue weighted by atomic mass is 16.4. The van der Waals surface area contributed by atoms with E-state index in [0.717, 1.165) is 10.9 Å². The zero-order valence-corrected chi connectivity index (χ0v) is 7.68. The second kappa shape index (κ2) is 2.63. The van der Waals surface area contributed by atoms with E-state index >= 15 is 0 Å². The lowest BCUT2D eigenvalue weighted by Crippen LogP contribution is -1.94. The third-order valence-electron chi connectivity index (χ3n) is 2.45. The molecule has 0 atom stereocenters. The molecule has 0 spiro atoms. The molecule has 1 N–H and O–H groups in total. The largest absolute Gasteiger partial charge is 0.478 e. The number of benzene rings is 1. The fourth-order valence-corrected chi connectivity index (χ4v) is 1.75. The van der Waals surface area contributed by atoms with Gasteiger partial charge >= 0.3 is 5.97 Å². The van der Waals surface area contributed by atoms with Gasteiger partial charge in [-0.25, -0.2) is 4.79 Å². The Hall–Kier alpha value is -2.23. The van der Waals surface area contributed by atoms with Gasteiger partial charge in [0.1, 0.15) is 6.26 Å². The Morgan fingerprint density at radius 3 is 3.00 bits per heavy atom. The average Bonchev–Trinajstić information content (AvgIpc) is 2.75. The summed E-state index contributed by atoms with van der Waals surface area (Å²) in [4.78, 5) is 10.8. The van der Waals surface area contributed by atoms with E-state index in [1.54, 1.807) is 30.7 Å². The number of hydrogen-bond acceptors (Lipinski definition) is 2. The van der Waals surface area contributed by atoms with E-state index in [-0.39, 0.29) is 5.56 Å². The van der Waals surface area contributed by atoms with Crippen molar-refractivity contribution in [3.05, 3.63) is 42.3 Å². The molecule has 0 fully saturated rings. The topological polar surface area (TPSA) is 54.8 Å². The first-order chi connectivity index (χ1) is 7.25. The molecule has 1 aromatic carbocycles. The van der Waals surface area contributed by atoms with E-state index in [1.165, 1.54) is 0 Å². The maximum atomic E-state index is 10.8. The lowest BCUT2D eigenvalue weighted by molar-refractivity contribution is 0.0697. The predicted molar refractivity (Wildman–Crippen MR) is 54.1 cm³/mol. The van der Waals surface area contributed by atoms with Crippen LogP contribution < -0.4 is 0 Å². The summed E-state index contributed by atoms with van der Waals surface area (Å²) in [6.45, 7) is 0. The molecule has 2 aromatic heterocycles. The first-order valence-corrected chi connectivity index (χ1v) is 4.47. The highest BCUT2D eigenvalue weighted by molar-refractivity contribution is 5.95. The zero-order chi connectivity index (χ0) is 10.4. The summed E-state index contributed by atoms with van der Waals surface area (Å²) < 4.78 is 7.09. The summed E-state index contributed by atoms with van der Waals surface area (Å²) in [7, 11) is 0. The monoisotopic (exact) mass is 201 g/mol. The van der Waals surface area contributed by atoms with E-state index in [1.807, 2.05) is 10.5 Å². The van der Waals surface area contributed by atoms with E-state index < -0.39 is 5.97 Å². The lowest BCUT2D eigenvalue weighted by Gasteiger charge is -1.94. The Morgan fingerprint density at radius 2 is 2.20 bits per heavy atom. The summed E-state index contributed by atoms with van der Waals surface area (Å²) in [5, 5.41) is 9.71. The number of carboxylic acids is 1. The number of rotatable bonds is 1. The van der Waals surface area contributed by atoms with Gasteiger partial charge in [-0.2, -0.15) is 0 Å². The van der Waals surface area contributed by atoms with Gasteiger partial charge in [0.25, 0.3) is 0 Å². The van der Waals surface area contributed by atoms with Gasteiger partial charge in [-0.3, -0.25) is 4.40 Å². The van der Waals surface area contributed by atoms with Gasteiger partial charge < -0.3 is 9.52 Å². The van der Waals surface area contributed by atoms with Gasteiger partial charge in [-0.15, -0.1) is 0 Å². The summed E-state index contributed by atoms with van der Waals surface area (Å²) in [5.41, 5.74) is 1.95. The van der Waals surface area contributed by atoms with Crippen LogP contribution in [0.1, 0.15) is 10.4 Å². The van der Waals surface area contributed by atoms with Gasteiger partial charge in [-0.05, 0) is 18.2 Å². The second-order valence-electron chi connectivity index (χ2n) is 3.33. The number of carboxylic acid groups (broad SMARTS) is 1. The third-order valence-corrected chi connectivity index (χ3v) is 2.45. The fourth-order valence-electron chi connectivity index (χ4n) is 1.75. The Balaban J connectivity index is 2.40.